The number of hydrogen-bond donors (Lipinski definition) is 1. The van der Waals surface area contributed by atoms with Gasteiger partial charge in [-0.15, -0.1) is 0 Å². The van der Waals surface area contributed by atoms with Crippen molar-refractivity contribution in [2.75, 3.05) is 26.2 Å². The van der Waals surface area contributed by atoms with Crippen molar-refractivity contribution in [2.24, 2.45) is 17.6 Å². The van der Waals surface area contributed by atoms with Gasteiger partial charge >= 0.3 is 0 Å². The minimum atomic E-state index is 0.0398. The van der Waals surface area contributed by atoms with Gasteiger partial charge in [0, 0.05) is 31.6 Å². The fraction of sp³-hybridized carbons (Fsp3) is 0.882. The lowest BCUT2D eigenvalue weighted by atomic mass is 9.85. The van der Waals surface area contributed by atoms with Gasteiger partial charge in [0.25, 0.3) is 0 Å². The van der Waals surface area contributed by atoms with Gasteiger partial charge in [-0.1, -0.05) is 19.3 Å². The number of carbonyl (C=O) groups is 2. The van der Waals surface area contributed by atoms with Crippen LogP contribution in [0.25, 0.3) is 0 Å². The van der Waals surface area contributed by atoms with Crippen LogP contribution in [0.2, 0.25) is 0 Å². The zero-order valence-corrected chi connectivity index (χ0v) is 13.5. The summed E-state index contributed by atoms with van der Waals surface area (Å²) in [7, 11) is 0. The third kappa shape index (κ3) is 3.62. The van der Waals surface area contributed by atoms with E-state index in [1.54, 1.807) is 4.90 Å². The van der Waals surface area contributed by atoms with E-state index in [9.17, 15) is 9.59 Å². The molecule has 2 amide bonds. The first-order valence-corrected chi connectivity index (χ1v) is 8.95. The standard InChI is InChI=1S/C17H29N3O2/c18-15-7-3-6-14(10-15)17(22)20-9-8-19(16(21)12-20)11-13-4-1-2-5-13/h13-15H,1-12,18H2/t14-,15+/m0/s1. The van der Waals surface area contributed by atoms with Gasteiger partial charge in [0.15, 0.2) is 0 Å². The molecule has 3 fully saturated rings. The number of amides is 2. The number of piperazine rings is 1. The molecule has 0 bridgehead atoms. The summed E-state index contributed by atoms with van der Waals surface area (Å²) in [6.45, 7) is 2.58. The highest BCUT2D eigenvalue weighted by Gasteiger charge is 2.34. The quantitative estimate of drug-likeness (QED) is 0.856. The first-order chi connectivity index (χ1) is 10.6. The Kier molecular flexibility index (Phi) is 5.01. The lowest BCUT2D eigenvalue weighted by Gasteiger charge is -2.38. The average molecular weight is 307 g/mol. The fourth-order valence-electron chi connectivity index (χ4n) is 4.30. The van der Waals surface area contributed by atoms with Crippen molar-refractivity contribution in [3.8, 4) is 0 Å². The van der Waals surface area contributed by atoms with E-state index in [0.717, 1.165) is 32.2 Å². The molecule has 0 aromatic rings. The maximum Gasteiger partial charge on any atom is 0.242 e. The van der Waals surface area contributed by atoms with E-state index < -0.39 is 0 Å². The Morgan fingerprint density at radius 3 is 2.55 bits per heavy atom. The molecule has 3 rings (SSSR count). The van der Waals surface area contributed by atoms with Crippen molar-refractivity contribution in [1.29, 1.82) is 0 Å². The summed E-state index contributed by atoms with van der Waals surface area (Å²) >= 11 is 0. The summed E-state index contributed by atoms with van der Waals surface area (Å²) in [5, 5.41) is 0. The lowest BCUT2D eigenvalue weighted by molar-refractivity contribution is -0.148. The van der Waals surface area contributed by atoms with Gasteiger partial charge in [-0.05, 0) is 38.0 Å². The van der Waals surface area contributed by atoms with Gasteiger partial charge in [0.1, 0.15) is 0 Å². The van der Waals surface area contributed by atoms with E-state index in [1.807, 2.05) is 4.90 Å². The summed E-state index contributed by atoms with van der Waals surface area (Å²) in [4.78, 5) is 28.7. The van der Waals surface area contributed by atoms with Gasteiger partial charge in [-0.25, -0.2) is 0 Å². The second-order valence-electron chi connectivity index (χ2n) is 7.37. The second kappa shape index (κ2) is 6.99. The Morgan fingerprint density at radius 1 is 1.09 bits per heavy atom. The molecule has 0 unspecified atom stereocenters. The van der Waals surface area contributed by atoms with Crippen molar-refractivity contribution in [3.63, 3.8) is 0 Å². The van der Waals surface area contributed by atoms with Crippen LogP contribution in [-0.2, 0) is 9.59 Å². The third-order valence-corrected chi connectivity index (χ3v) is 5.65. The highest BCUT2D eigenvalue weighted by Crippen LogP contribution is 2.27. The monoisotopic (exact) mass is 307 g/mol. The minimum Gasteiger partial charge on any atom is -0.339 e. The SMILES string of the molecule is N[C@@H]1CCC[C@H](C(=O)N2CCN(CC3CCCC3)C(=O)C2)C1. The lowest BCUT2D eigenvalue weighted by Crippen LogP contribution is -2.54. The summed E-state index contributed by atoms with van der Waals surface area (Å²) in [6, 6.07) is 0.155. The topological polar surface area (TPSA) is 66.6 Å². The molecule has 0 aromatic carbocycles. The fourth-order valence-corrected chi connectivity index (χ4v) is 4.30. The molecular formula is C17H29N3O2. The second-order valence-corrected chi connectivity index (χ2v) is 7.37. The number of rotatable bonds is 3. The van der Waals surface area contributed by atoms with E-state index in [1.165, 1.54) is 25.7 Å². The van der Waals surface area contributed by atoms with Crippen molar-refractivity contribution < 1.29 is 9.59 Å². The van der Waals surface area contributed by atoms with Crippen LogP contribution in [0.3, 0.4) is 0 Å². The van der Waals surface area contributed by atoms with Crippen molar-refractivity contribution in [3.05, 3.63) is 0 Å². The van der Waals surface area contributed by atoms with Crippen LogP contribution >= 0.6 is 0 Å². The zero-order valence-electron chi connectivity index (χ0n) is 13.5. The predicted molar refractivity (Wildman–Crippen MR) is 85.1 cm³/mol. The summed E-state index contributed by atoms with van der Waals surface area (Å²) < 4.78 is 0. The molecule has 2 N–H and O–H groups in total. The van der Waals surface area contributed by atoms with Gasteiger partial charge in [-0.2, -0.15) is 0 Å². The molecule has 5 nitrogen and oxygen atoms in total. The van der Waals surface area contributed by atoms with E-state index in [2.05, 4.69) is 0 Å². The number of nitrogens with two attached hydrogens (primary N) is 1. The Balaban J connectivity index is 1.50. The number of hydrogen-bond acceptors (Lipinski definition) is 3. The van der Waals surface area contributed by atoms with Gasteiger partial charge < -0.3 is 15.5 Å². The molecule has 22 heavy (non-hydrogen) atoms. The Labute approximate surface area is 133 Å². The first-order valence-electron chi connectivity index (χ1n) is 8.95. The highest BCUT2D eigenvalue weighted by atomic mass is 16.2. The van der Waals surface area contributed by atoms with E-state index in [4.69, 9.17) is 5.73 Å². The Hall–Kier alpha value is -1.10. The molecule has 0 spiro atoms. The van der Waals surface area contributed by atoms with Crippen molar-refractivity contribution in [1.82, 2.24) is 9.80 Å². The van der Waals surface area contributed by atoms with E-state index >= 15 is 0 Å². The molecule has 124 valence electrons. The maximum absolute atomic E-state index is 12.6. The zero-order chi connectivity index (χ0) is 15.5. The summed E-state index contributed by atoms with van der Waals surface area (Å²) in [5.41, 5.74) is 5.99. The van der Waals surface area contributed by atoms with Gasteiger partial charge in [0.05, 0.1) is 6.54 Å². The summed E-state index contributed by atoms with van der Waals surface area (Å²) in [5.74, 6) is 1.01. The number of carbonyl (C=O) groups excluding carboxylic acids is 2. The van der Waals surface area contributed by atoms with Crippen LogP contribution in [0.4, 0.5) is 0 Å². The number of nitrogens with zero attached hydrogens (tertiary/aromatic N) is 2. The third-order valence-electron chi connectivity index (χ3n) is 5.65. The van der Waals surface area contributed by atoms with Crippen LogP contribution < -0.4 is 5.73 Å². The predicted octanol–water partition coefficient (Wildman–Crippen LogP) is 1.36. The minimum absolute atomic E-state index is 0.0398. The van der Waals surface area contributed by atoms with Crippen LogP contribution in [0.5, 0.6) is 0 Å². The average Bonchev–Trinajstić information content (AvgIpc) is 3.01. The van der Waals surface area contributed by atoms with E-state index in [0.29, 0.717) is 19.0 Å². The van der Waals surface area contributed by atoms with E-state index in [-0.39, 0.29) is 30.3 Å². The molecule has 2 saturated carbocycles. The van der Waals surface area contributed by atoms with Crippen LogP contribution in [0.15, 0.2) is 0 Å². The van der Waals surface area contributed by atoms with Crippen molar-refractivity contribution >= 4 is 11.8 Å². The first kappa shape index (κ1) is 15.8. The molecule has 0 aromatic heterocycles. The van der Waals surface area contributed by atoms with Crippen LogP contribution in [0, 0.1) is 11.8 Å². The van der Waals surface area contributed by atoms with Crippen LogP contribution in [0.1, 0.15) is 51.4 Å². The van der Waals surface area contributed by atoms with Gasteiger partial charge in [0.2, 0.25) is 11.8 Å². The molecule has 1 heterocycles. The normalized spacial score (nSPS) is 30.9. The molecule has 1 saturated heterocycles. The Bertz CT molecular complexity index is 420. The molecule has 3 aliphatic rings. The molecule has 5 heteroatoms. The molecule has 0 radical (unpaired) electrons. The van der Waals surface area contributed by atoms with Gasteiger partial charge in [-0.3, -0.25) is 9.59 Å². The Morgan fingerprint density at radius 2 is 1.86 bits per heavy atom. The summed E-state index contributed by atoms with van der Waals surface area (Å²) in [6.07, 6.45) is 8.90. The highest BCUT2D eigenvalue weighted by molar-refractivity contribution is 5.87. The van der Waals surface area contributed by atoms with Crippen LogP contribution in [-0.4, -0.2) is 53.8 Å². The molecule has 2 atom stereocenters. The largest absolute Gasteiger partial charge is 0.339 e. The smallest absolute Gasteiger partial charge is 0.242 e. The molecule has 1 aliphatic heterocycles. The van der Waals surface area contributed by atoms with Crippen molar-refractivity contribution in [2.45, 2.75) is 57.4 Å². The molecular weight excluding hydrogens is 278 g/mol. The maximum atomic E-state index is 12.6. The molecule has 2 aliphatic carbocycles.